The summed E-state index contributed by atoms with van der Waals surface area (Å²) in [6.45, 7) is 9.02. The lowest BCUT2D eigenvalue weighted by molar-refractivity contribution is 0.462. The average Bonchev–Trinajstić information content (AvgIpc) is 2.25. The van der Waals surface area contributed by atoms with Crippen molar-refractivity contribution in [2.75, 3.05) is 13.1 Å². The SMILES string of the molecule is CCCNCC(c1ccccc1)C(C)C. The monoisotopic (exact) mass is 205 g/mol. The van der Waals surface area contributed by atoms with Crippen molar-refractivity contribution < 1.29 is 0 Å². The third-order valence-electron chi connectivity index (χ3n) is 2.82. The second-order valence-electron chi connectivity index (χ2n) is 4.47. The van der Waals surface area contributed by atoms with Gasteiger partial charge in [0.1, 0.15) is 0 Å². The Morgan fingerprint density at radius 2 is 1.80 bits per heavy atom. The van der Waals surface area contributed by atoms with Crippen LogP contribution in [0.1, 0.15) is 38.7 Å². The van der Waals surface area contributed by atoms with Gasteiger partial charge in [-0.1, -0.05) is 51.1 Å². The summed E-state index contributed by atoms with van der Waals surface area (Å²) >= 11 is 0. The van der Waals surface area contributed by atoms with Gasteiger partial charge in [-0.2, -0.15) is 0 Å². The van der Waals surface area contributed by atoms with E-state index in [-0.39, 0.29) is 0 Å². The largest absolute Gasteiger partial charge is 0.316 e. The first-order chi connectivity index (χ1) is 7.25. The van der Waals surface area contributed by atoms with E-state index in [1.807, 2.05) is 0 Å². The molecule has 1 aromatic carbocycles. The van der Waals surface area contributed by atoms with Crippen LogP contribution < -0.4 is 5.32 Å². The molecule has 0 saturated heterocycles. The number of benzene rings is 1. The van der Waals surface area contributed by atoms with Gasteiger partial charge in [0.2, 0.25) is 0 Å². The van der Waals surface area contributed by atoms with Gasteiger partial charge in [-0.05, 0) is 30.4 Å². The molecule has 0 amide bonds. The van der Waals surface area contributed by atoms with E-state index in [0.29, 0.717) is 11.8 Å². The van der Waals surface area contributed by atoms with Crippen LogP contribution >= 0.6 is 0 Å². The lowest BCUT2D eigenvalue weighted by atomic mass is 9.88. The maximum Gasteiger partial charge on any atom is 0.00226 e. The Kier molecular flexibility index (Phi) is 5.41. The molecule has 0 radical (unpaired) electrons. The highest BCUT2D eigenvalue weighted by molar-refractivity contribution is 5.20. The quantitative estimate of drug-likeness (QED) is 0.702. The summed E-state index contributed by atoms with van der Waals surface area (Å²) in [5.41, 5.74) is 1.45. The van der Waals surface area contributed by atoms with Gasteiger partial charge in [-0.3, -0.25) is 0 Å². The molecule has 1 rings (SSSR count). The molecule has 0 aliphatic rings. The summed E-state index contributed by atoms with van der Waals surface area (Å²) in [4.78, 5) is 0. The van der Waals surface area contributed by atoms with Gasteiger partial charge in [0.15, 0.2) is 0 Å². The Labute approximate surface area is 93.9 Å². The van der Waals surface area contributed by atoms with Gasteiger partial charge in [-0.25, -0.2) is 0 Å². The molecule has 0 spiro atoms. The predicted molar refractivity (Wildman–Crippen MR) is 67.2 cm³/mol. The third kappa shape index (κ3) is 4.05. The highest BCUT2D eigenvalue weighted by atomic mass is 14.9. The van der Waals surface area contributed by atoms with Crippen LogP contribution in [0, 0.1) is 5.92 Å². The molecule has 0 aliphatic heterocycles. The molecule has 84 valence electrons. The van der Waals surface area contributed by atoms with Gasteiger partial charge in [-0.15, -0.1) is 0 Å². The van der Waals surface area contributed by atoms with Crippen molar-refractivity contribution in [3.05, 3.63) is 35.9 Å². The summed E-state index contributed by atoms with van der Waals surface area (Å²) in [6, 6.07) is 10.8. The maximum atomic E-state index is 3.51. The summed E-state index contributed by atoms with van der Waals surface area (Å²) in [7, 11) is 0. The molecule has 0 aliphatic carbocycles. The topological polar surface area (TPSA) is 12.0 Å². The van der Waals surface area contributed by atoms with Gasteiger partial charge < -0.3 is 5.32 Å². The molecule has 1 unspecified atom stereocenters. The summed E-state index contributed by atoms with van der Waals surface area (Å²) in [5.74, 6) is 1.33. The van der Waals surface area contributed by atoms with Crippen molar-refractivity contribution in [3.63, 3.8) is 0 Å². The number of rotatable bonds is 6. The second-order valence-corrected chi connectivity index (χ2v) is 4.47. The fourth-order valence-electron chi connectivity index (χ4n) is 1.87. The van der Waals surface area contributed by atoms with E-state index in [1.54, 1.807) is 0 Å². The first-order valence-corrected chi connectivity index (χ1v) is 6.01. The Bertz CT molecular complexity index is 253. The molecular weight excluding hydrogens is 182 g/mol. The van der Waals surface area contributed by atoms with Crippen molar-refractivity contribution in [1.29, 1.82) is 0 Å². The molecule has 0 aromatic heterocycles. The van der Waals surface area contributed by atoms with Crippen molar-refractivity contribution in [2.24, 2.45) is 5.92 Å². The van der Waals surface area contributed by atoms with Crippen LogP contribution in [0.15, 0.2) is 30.3 Å². The van der Waals surface area contributed by atoms with E-state index < -0.39 is 0 Å². The van der Waals surface area contributed by atoms with Crippen molar-refractivity contribution in [2.45, 2.75) is 33.1 Å². The minimum Gasteiger partial charge on any atom is -0.316 e. The fourth-order valence-corrected chi connectivity index (χ4v) is 1.87. The Balaban J connectivity index is 2.58. The highest BCUT2D eigenvalue weighted by Gasteiger charge is 2.14. The molecule has 0 bridgehead atoms. The predicted octanol–water partition coefficient (Wildman–Crippen LogP) is 3.43. The van der Waals surface area contributed by atoms with Crippen LogP contribution in [-0.2, 0) is 0 Å². The first kappa shape index (κ1) is 12.3. The molecule has 1 aromatic rings. The molecule has 1 atom stereocenters. The van der Waals surface area contributed by atoms with Crippen LogP contribution in [0.3, 0.4) is 0 Å². The Hall–Kier alpha value is -0.820. The summed E-state index contributed by atoms with van der Waals surface area (Å²) in [5, 5.41) is 3.51. The number of hydrogen-bond acceptors (Lipinski definition) is 1. The molecule has 0 fully saturated rings. The molecule has 1 heteroatoms. The van der Waals surface area contributed by atoms with Crippen LogP contribution in [0.4, 0.5) is 0 Å². The number of hydrogen-bond donors (Lipinski definition) is 1. The van der Waals surface area contributed by atoms with Gasteiger partial charge in [0.25, 0.3) is 0 Å². The third-order valence-corrected chi connectivity index (χ3v) is 2.82. The molecule has 0 heterocycles. The van der Waals surface area contributed by atoms with Crippen LogP contribution in [0.5, 0.6) is 0 Å². The van der Waals surface area contributed by atoms with Crippen molar-refractivity contribution >= 4 is 0 Å². The van der Waals surface area contributed by atoms with Crippen molar-refractivity contribution in [1.82, 2.24) is 5.32 Å². The van der Waals surface area contributed by atoms with Gasteiger partial charge in [0, 0.05) is 6.54 Å². The normalized spacial score (nSPS) is 13.1. The maximum absolute atomic E-state index is 3.51. The molecule has 1 nitrogen and oxygen atoms in total. The smallest absolute Gasteiger partial charge is 0.00226 e. The average molecular weight is 205 g/mol. The first-order valence-electron chi connectivity index (χ1n) is 6.01. The van der Waals surface area contributed by atoms with E-state index in [9.17, 15) is 0 Å². The van der Waals surface area contributed by atoms with Crippen LogP contribution in [-0.4, -0.2) is 13.1 Å². The lowest BCUT2D eigenvalue weighted by Gasteiger charge is -2.21. The minimum atomic E-state index is 0.637. The summed E-state index contributed by atoms with van der Waals surface area (Å²) < 4.78 is 0. The zero-order valence-corrected chi connectivity index (χ0v) is 10.2. The fraction of sp³-hybridized carbons (Fsp3) is 0.571. The van der Waals surface area contributed by atoms with E-state index >= 15 is 0 Å². The highest BCUT2D eigenvalue weighted by Crippen LogP contribution is 2.23. The standard InChI is InChI=1S/C14H23N/c1-4-10-15-11-14(12(2)3)13-8-6-5-7-9-13/h5-9,12,14-15H,4,10-11H2,1-3H3. The van der Waals surface area contributed by atoms with E-state index in [0.717, 1.165) is 13.1 Å². The molecular formula is C14H23N. The zero-order valence-electron chi connectivity index (χ0n) is 10.2. The van der Waals surface area contributed by atoms with Crippen LogP contribution in [0.2, 0.25) is 0 Å². The van der Waals surface area contributed by atoms with Gasteiger partial charge in [0.05, 0.1) is 0 Å². The Morgan fingerprint density at radius 1 is 1.13 bits per heavy atom. The number of nitrogens with one attached hydrogen (secondary N) is 1. The Morgan fingerprint density at radius 3 is 2.33 bits per heavy atom. The second kappa shape index (κ2) is 6.62. The van der Waals surface area contributed by atoms with Crippen LogP contribution in [0.25, 0.3) is 0 Å². The zero-order chi connectivity index (χ0) is 11.1. The van der Waals surface area contributed by atoms with E-state index in [4.69, 9.17) is 0 Å². The molecule has 15 heavy (non-hydrogen) atoms. The van der Waals surface area contributed by atoms with E-state index in [2.05, 4.69) is 56.4 Å². The van der Waals surface area contributed by atoms with E-state index in [1.165, 1.54) is 12.0 Å². The minimum absolute atomic E-state index is 0.637. The van der Waals surface area contributed by atoms with Gasteiger partial charge >= 0.3 is 0 Å². The van der Waals surface area contributed by atoms with Crippen molar-refractivity contribution in [3.8, 4) is 0 Å². The lowest BCUT2D eigenvalue weighted by Crippen LogP contribution is -2.25. The molecule has 0 saturated carbocycles. The summed E-state index contributed by atoms with van der Waals surface area (Å²) in [6.07, 6.45) is 1.21. The molecule has 1 N–H and O–H groups in total.